The molecule has 4 rings (SSSR count). The molecule has 196 valence electrons. The molecule has 1 fully saturated rings. The highest BCUT2D eigenvalue weighted by atomic mass is 35.5. The molecule has 0 saturated carbocycles. The first kappa shape index (κ1) is 26.5. The van der Waals surface area contributed by atoms with Crippen LogP contribution in [0.5, 0.6) is 0 Å². The van der Waals surface area contributed by atoms with Crippen molar-refractivity contribution in [1.82, 2.24) is 24.8 Å². The first-order valence-corrected chi connectivity index (χ1v) is 12.2. The average Bonchev–Trinajstić information content (AvgIpc) is 3.46. The molecule has 1 saturated heterocycles. The van der Waals surface area contributed by atoms with E-state index in [-0.39, 0.29) is 24.2 Å². The summed E-state index contributed by atoms with van der Waals surface area (Å²) >= 11 is 6.03. The molecule has 2 amide bonds. The zero-order valence-corrected chi connectivity index (χ0v) is 21.5. The fourth-order valence-corrected chi connectivity index (χ4v) is 4.26. The van der Waals surface area contributed by atoms with Crippen molar-refractivity contribution in [2.24, 2.45) is 0 Å². The van der Waals surface area contributed by atoms with Crippen LogP contribution in [-0.2, 0) is 16.1 Å². The summed E-state index contributed by atoms with van der Waals surface area (Å²) < 4.78 is 33.8. The quantitative estimate of drug-likeness (QED) is 0.464. The minimum absolute atomic E-state index is 0.0921. The highest BCUT2D eigenvalue weighted by Crippen LogP contribution is 2.33. The molecule has 3 heterocycles. The molecule has 0 bridgehead atoms. The molecule has 8 nitrogen and oxygen atoms in total. The van der Waals surface area contributed by atoms with Crippen LogP contribution in [0, 0.1) is 0 Å². The van der Waals surface area contributed by atoms with Gasteiger partial charge in [0.15, 0.2) is 0 Å². The Morgan fingerprint density at radius 2 is 1.89 bits per heavy atom. The maximum atomic E-state index is 13.4. The second kappa shape index (κ2) is 10.8. The van der Waals surface area contributed by atoms with Gasteiger partial charge in [0.2, 0.25) is 5.91 Å². The maximum absolute atomic E-state index is 13.4. The first-order chi connectivity index (χ1) is 17.5. The van der Waals surface area contributed by atoms with Crippen LogP contribution >= 0.6 is 11.6 Å². The Morgan fingerprint density at radius 3 is 2.57 bits per heavy atom. The maximum Gasteiger partial charge on any atom is 0.410 e. The molecule has 0 aliphatic carbocycles. The number of likely N-dealkylation sites (tertiary alicyclic amines) is 1. The average molecular weight is 532 g/mol. The number of pyridine rings is 1. The third-order valence-corrected chi connectivity index (χ3v) is 6.00. The Kier molecular flexibility index (Phi) is 7.77. The minimum Gasteiger partial charge on any atom is -0.444 e. The Hall–Kier alpha value is -3.53. The molecule has 1 aliphatic rings. The van der Waals surface area contributed by atoms with E-state index in [0.29, 0.717) is 41.5 Å². The SMILES string of the molecule is CC(C)(C)OC(=O)N1CC[C@H](NC(=O)Cn2cnc(-c3ccc(Cl)cc3)c2-c2ccnc(C(F)F)c2)C1. The Bertz CT molecular complexity index is 1270. The topological polar surface area (TPSA) is 89.4 Å². The van der Waals surface area contributed by atoms with Gasteiger partial charge >= 0.3 is 6.09 Å². The molecular formula is C26H28ClF2N5O3. The third kappa shape index (κ3) is 6.62. The molecule has 37 heavy (non-hydrogen) atoms. The second-order valence-electron chi connectivity index (χ2n) is 9.83. The van der Waals surface area contributed by atoms with Crippen LogP contribution in [0.3, 0.4) is 0 Å². The predicted molar refractivity (Wildman–Crippen MR) is 135 cm³/mol. The lowest BCUT2D eigenvalue weighted by molar-refractivity contribution is -0.122. The number of hydrogen-bond acceptors (Lipinski definition) is 5. The summed E-state index contributed by atoms with van der Waals surface area (Å²) in [5.74, 6) is -0.291. The number of ether oxygens (including phenoxy) is 1. The predicted octanol–water partition coefficient (Wildman–Crippen LogP) is 5.33. The molecule has 3 aromatic rings. The van der Waals surface area contributed by atoms with Gasteiger partial charge in [-0.3, -0.25) is 9.78 Å². The fraction of sp³-hybridized carbons (Fsp3) is 0.385. The summed E-state index contributed by atoms with van der Waals surface area (Å²) in [6.07, 6.45) is 0.252. The van der Waals surface area contributed by atoms with Crippen LogP contribution in [0.2, 0.25) is 5.02 Å². The zero-order chi connectivity index (χ0) is 26.7. The number of amides is 2. The highest BCUT2D eigenvalue weighted by Gasteiger charge is 2.30. The van der Waals surface area contributed by atoms with Crippen LogP contribution in [0.1, 0.15) is 39.3 Å². The molecule has 0 unspecified atom stereocenters. The van der Waals surface area contributed by atoms with Gasteiger partial charge < -0.3 is 19.5 Å². The summed E-state index contributed by atoms with van der Waals surface area (Å²) in [5, 5.41) is 3.50. The summed E-state index contributed by atoms with van der Waals surface area (Å²) in [4.78, 5) is 35.1. The van der Waals surface area contributed by atoms with Crippen LogP contribution in [-0.4, -0.2) is 56.2 Å². The summed E-state index contributed by atoms with van der Waals surface area (Å²) in [6, 6.07) is 9.64. The van der Waals surface area contributed by atoms with Crippen LogP contribution in [0.15, 0.2) is 48.9 Å². The lowest BCUT2D eigenvalue weighted by Crippen LogP contribution is -2.41. The highest BCUT2D eigenvalue weighted by molar-refractivity contribution is 6.30. The standard InChI is InChI=1S/C26H28ClF2N5O3/c1-26(2,3)37-25(36)33-11-9-19(13-33)32-21(35)14-34-15-31-22(16-4-6-18(27)7-5-16)23(34)17-8-10-30-20(12-17)24(28)29/h4-8,10,12,15,19,24H,9,11,13-14H2,1-3H3,(H,32,35)/t19-/m0/s1. The molecular weight excluding hydrogens is 504 g/mol. The van der Waals surface area contributed by atoms with Gasteiger partial charge in [0, 0.05) is 41.5 Å². The van der Waals surface area contributed by atoms with E-state index in [1.165, 1.54) is 18.6 Å². The molecule has 0 spiro atoms. The Labute approximate surface area is 218 Å². The molecule has 1 N–H and O–H groups in total. The van der Waals surface area contributed by atoms with E-state index in [9.17, 15) is 18.4 Å². The number of benzene rings is 1. The van der Waals surface area contributed by atoms with Gasteiger partial charge in [0.05, 0.1) is 17.7 Å². The zero-order valence-electron chi connectivity index (χ0n) is 20.7. The number of halogens is 3. The van der Waals surface area contributed by atoms with Gasteiger partial charge in [-0.25, -0.2) is 18.6 Å². The number of aromatic nitrogens is 3. The molecule has 1 atom stereocenters. The molecule has 1 aromatic carbocycles. The molecule has 11 heteroatoms. The third-order valence-electron chi connectivity index (χ3n) is 5.75. The monoisotopic (exact) mass is 531 g/mol. The summed E-state index contributed by atoms with van der Waals surface area (Å²) in [5.41, 5.74) is 1.23. The summed E-state index contributed by atoms with van der Waals surface area (Å²) in [7, 11) is 0. The van der Waals surface area contributed by atoms with Gasteiger partial charge in [0.1, 0.15) is 17.8 Å². The number of hydrogen-bond donors (Lipinski definition) is 1. The van der Waals surface area contributed by atoms with Gasteiger partial charge in [-0.2, -0.15) is 0 Å². The van der Waals surface area contributed by atoms with Crippen molar-refractivity contribution >= 4 is 23.6 Å². The number of carbonyl (C=O) groups excluding carboxylic acids is 2. The van der Waals surface area contributed by atoms with Crippen LogP contribution < -0.4 is 5.32 Å². The molecule has 2 aromatic heterocycles. The van der Waals surface area contributed by atoms with Crippen molar-refractivity contribution in [3.63, 3.8) is 0 Å². The van der Waals surface area contributed by atoms with E-state index in [0.717, 1.165) is 5.56 Å². The number of imidazole rings is 1. The first-order valence-electron chi connectivity index (χ1n) is 11.8. The van der Waals surface area contributed by atoms with E-state index in [1.54, 1.807) is 60.6 Å². The largest absolute Gasteiger partial charge is 0.444 e. The van der Waals surface area contributed by atoms with E-state index in [1.807, 2.05) is 0 Å². The molecule has 1 aliphatic heterocycles. The minimum atomic E-state index is -2.74. The number of alkyl halides is 2. The van der Waals surface area contributed by atoms with Crippen molar-refractivity contribution in [1.29, 1.82) is 0 Å². The number of rotatable bonds is 6. The smallest absolute Gasteiger partial charge is 0.410 e. The number of carbonyl (C=O) groups is 2. The van der Waals surface area contributed by atoms with Gasteiger partial charge in [-0.05, 0) is 51.5 Å². The van der Waals surface area contributed by atoms with Crippen molar-refractivity contribution in [3.8, 4) is 22.5 Å². The summed E-state index contributed by atoms with van der Waals surface area (Å²) in [6.45, 7) is 6.13. The van der Waals surface area contributed by atoms with E-state index < -0.39 is 18.1 Å². The van der Waals surface area contributed by atoms with Crippen molar-refractivity contribution in [2.75, 3.05) is 13.1 Å². The fourth-order valence-electron chi connectivity index (χ4n) is 4.14. The van der Waals surface area contributed by atoms with Gasteiger partial charge in [0.25, 0.3) is 6.43 Å². The van der Waals surface area contributed by atoms with Gasteiger partial charge in [-0.1, -0.05) is 23.7 Å². The Balaban J connectivity index is 1.54. The second-order valence-corrected chi connectivity index (χ2v) is 10.3. The van der Waals surface area contributed by atoms with Crippen molar-refractivity contribution < 1.29 is 23.1 Å². The van der Waals surface area contributed by atoms with Gasteiger partial charge in [-0.15, -0.1) is 0 Å². The normalized spacial score (nSPS) is 15.8. The van der Waals surface area contributed by atoms with Crippen LogP contribution in [0.25, 0.3) is 22.5 Å². The van der Waals surface area contributed by atoms with E-state index >= 15 is 0 Å². The lowest BCUT2D eigenvalue weighted by Gasteiger charge is -2.24. The van der Waals surface area contributed by atoms with Crippen molar-refractivity contribution in [3.05, 3.63) is 59.6 Å². The van der Waals surface area contributed by atoms with E-state index in [2.05, 4.69) is 15.3 Å². The van der Waals surface area contributed by atoms with Crippen LogP contribution in [0.4, 0.5) is 13.6 Å². The number of nitrogens with one attached hydrogen (secondary N) is 1. The van der Waals surface area contributed by atoms with E-state index in [4.69, 9.17) is 16.3 Å². The van der Waals surface area contributed by atoms with Crippen molar-refractivity contribution in [2.45, 2.75) is 51.8 Å². The number of nitrogens with zero attached hydrogens (tertiary/aromatic N) is 4. The Morgan fingerprint density at radius 1 is 1.16 bits per heavy atom. The molecule has 0 radical (unpaired) electrons. The lowest BCUT2D eigenvalue weighted by atomic mass is 10.0.